The van der Waals surface area contributed by atoms with Crippen LogP contribution < -0.4 is 5.32 Å². The van der Waals surface area contributed by atoms with Crippen molar-refractivity contribution in [2.45, 2.75) is 305 Å². The normalized spacial score (nSPS) is 32.8. The Balaban J connectivity index is 0.000000121. The highest BCUT2D eigenvalue weighted by Crippen LogP contribution is 2.51. The van der Waals surface area contributed by atoms with E-state index in [1.807, 2.05) is 0 Å². The molecule has 6 unspecified atom stereocenters. The van der Waals surface area contributed by atoms with Gasteiger partial charge in [-0.15, -0.1) is 0 Å². The van der Waals surface area contributed by atoms with E-state index in [1.54, 1.807) is 33.4 Å². The Bertz CT molecular complexity index is 2590. The molecule has 10 nitrogen and oxygen atoms in total. The summed E-state index contributed by atoms with van der Waals surface area (Å²) in [6.07, 6.45) is 28.1. The molecule has 3 spiro atoms. The first kappa shape index (κ1) is 63.0. The number of piperidine rings is 3. The van der Waals surface area contributed by atoms with E-state index in [0.717, 1.165) is 90.7 Å². The third-order valence-electron chi connectivity index (χ3n) is 26.6. The van der Waals surface area contributed by atoms with Crippen LogP contribution in [0.4, 0.5) is 0 Å². The van der Waals surface area contributed by atoms with Crippen molar-refractivity contribution in [1.29, 1.82) is 0 Å². The first-order valence-electron chi connectivity index (χ1n) is 36.1. The van der Waals surface area contributed by atoms with Crippen LogP contribution in [0, 0.1) is 62.3 Å². The number of hydrogen-bond donors (Lipinski definition) is 4. The topological polar surface area (TPSA) is 110 Å². The molecular weight excluding hydrogens is 1080 g/mol. The molecule has 7 saturated heterocycles. The summed E-state index contributed by atoms with van der Waals surface area (Å²) in [6, 6.07) is 9.43. The number of likely N-dealkylation sites (tertiary alicyclic amines) is 3. The number of nitrogens with one attached hydrogen (secondary N) is 1. The molecule has 5 saturated carbocycles. The third kappa shape index (κ3) is 12.8. The van der Waals surface area contributed by atoms with Gasteiger partial charge in [0.15, 0.2) is 0 Å². The molecule has 3 aromatic carbocycles. The predicted octanol–water partition coefficient (Wildman–Crippen LogP) is 13.8. The number of aryl methyl sites for hydroxylation is 3. The highest BCUT2D eigenvalue weighted by Gasteiger charge is 2.50. The number of rotatable bonds is 9. The van der Waals surface area contributed by atoms with Gasteiger partial charge in [0.2, 0.25) is 0 Å². The van der Waals surface area contributed by atoms with E-state index in [-0.39, 0.29) is 35.1 Å². The summed E-state index contributed by atoms with van der Waals surface area (Å²) >= 11 is 0. The molecule has 15 rings (SSSR count). The molecule has 12 fully saturated rings. The zero-order valence-electron chi connectivity index (χ0n) is 55.8. The number of ether oxygens (including phenoxy) is 3. The molecule has 9 atom stereocenters. The molecule has 3 aromatic rings. The number of benzene rings is 3. The Morgan fingerprint density at radius 1 is 0.368 bits per heavy atom. The number of aliphatic hydroxyl groups is 3. The molecule has 0 radical (unpaired) electrons. The maximum absolute atomic E-state index is 10.2. The van der Waals surface area contributed by atoms with Gasteiger partial charge in [0, 0.05) is 31.2 Å². The Labute approximate surface area is 526 Å². The molecule has 12 aliphatic rings. The summed E-state index contributed by atoms with van der Waals surface area (Å²) in [5.41, 5.74) is 23.5. The SMILES string of the molecule is Cc1cc(C2CCN([C@@H]3COC4(CCC4)C3)CC2)c(C2CCC(O)C2)c(C)c1C.Cc1cc(C2CCN([C@@H]3COC4(CCC4)C3)CC2)c(C2CCC(O)C2)c(C)c1C.Cc1cc(C2CCN([C@@H]3COC4(CNC4)C3)CC2)c(C2CCC(O)C2)c(C)c1C. The standard InChI is InChI=1S/2C26H39NO2.C25H38N2O2/c2*1-17-13-24(25(19(3)18(17)2)21-5-6-23(28)14-21)20-7-11-27(12-8-20)22-15-26(29-16-22)9-4-10-26;1-16-10-23(24(18(3)17(16)2)20-4-5-22(28)11-20)19-6-8-27(9-7-19)21-12-25(29-13-21)14-26-15-25/h2*13,20-23,28H,4-12,14-16H2,1-3H3;10,19-22,26,28H,4-9,11-15H2,1-3H3/t2*21?,22-,23?;20?,21-,22?/m000/s1. The number of nitrogens with zero attached hydrogens (tertiary/aromatic N) is 3. The summed E-state index contributed by atoms with van der Waals surface area (Å²) in [7, 11) is 0. The highest BCUT2D eigenvalue weighted by atomic mass is 16.5. The zero-order chi connectivity index (χ0) is 60.5. The lowest BCUT2D eigenvalue weighted by atomic mass is 9.76. The van der Waals surface area contributed by atoms with Gasteiger partial charge in [-0.3, -0.25) is 14.7 Å². The van der Waals surface area contributed by atoms with E-state index < -0.39 is 0 Å². The predicted molar refractivity (Wildman–Crippen MR) is 352 cm³/mol. The summed E-state index contributed by atoms with van der Waals surface area (Å²) in [5.74, 6) is 3.68. The van der Waals surface area contributed by atoms with Gasteiger partial charge in [-0.05, 0) is 375 Å². The van der Waals surface area contributed by atoms with Gasteiger partial charge in [0.1, 0.15) is 0 Å². The molecule has 5 aliphatic carbocycles. The fourth-order valence-corrected chi connectivity index (χ4v) is 20.1. The second kappa shape index (κ2) is 26.0. The van der Waals surface area contributed by atoms with Crippen molar-refractivity contribution in [2.75, 3.05) is 72.2 Å². The lowest BCUT2D eigenvalue weighted by Gasteiger charge is -2.40. The van der Waals surface area contributed by atoms with Gasteiger partial charge in [-0.25, -0.2) is 0 Å². The fraction of sp³-hybridized carbons (Fsp3) is 0.766. The van der Waals surface area contributed by atoms with Crippen LogP contribution in [0.15, 0.2) is 18.2 Å². The van der Waals surface area contributed by atoms with E-state index >= 15 is 0 Å². The minimum atomic E-state index is -0.105. The summed E-state index contributed by atoms with van der Waals surface area (Å²) < 4.78 is 18.6. The van der Waals surface area contributed by atoms with E-state index in [0.29, 0.717) is 53.6 Å². The molecule has 480 valence electrons. The molecule has 0 aromatic heterocycles. The van der Waals surface area contributed by atoms with Gasteiger partial charge in [-0.2, -0.15) is 0 Å². The van der Waals surface area contributed by atoms with Gasteiger partial charge in [-0.1, -0.05) is 18.2 Å². The van der Waals surface area contributed by atoms with Crippen LogP contribution in [0.1, 0.15) is 273 Å². The van der Waals surface area contributed by atoms with E-state index in [9.17, 15) is 15.3 Å². The summed E-state index contributed by atoms with van der Waals surface area (Å²) in [4.78, 5) is 8.17. The average molecular weight is 1190 g/mol. The van der Waals surface area contributed by atoms with Crippen molar-refractivity contribution < 1.29 is 29.5 Å². The van der Waals surface area contributed by atoms with E-state index in [1.165, 1.54) is 186 Å². The zero-order valence-corrected chi connectivity index (χ0v) is 55.8. The Kier molecular flexibility index (Phi) is 18.8. The second-order valence-corrected chi connectivity index (χ2v) is 31.6. The van der Waals surface area contributed by atoms with Crippen LogP contribution in [0.2, 0.25) is 0 Å². The monoisotopic (exact) mass is 1190 g/mol. The van der Waals surface area contributed by atoms with Crippen LogP contribution in [0.5, 0.6) is 0 Å². The van der Waals surface area contributed by atoms with Gasteiger partial charge in [0.25, 0.3) is 0 Å². The van der Waals surface area contributed by atoms with Crippen molar-refractivity contribution in [3.8, 4) is 0 Å². The minimum absolute atomic E-state index is 0.100. The Morgan fingerprint density at radius 2 is 0.655 bits per heavy atom. The molecule has 4 N–H and O–H groups in total. The maximum Gasteiger partial charge on any atom is 0.0946 e. The molecule has 0 amide bonds. The lowest BCUT2D eigenvalue weighted by molar-refractivity contribution is -0.0569. The number of aliphatic hydroxyl groups excluding tert-OH is 3. The molecule has 7 heterocycles. The van der Waals surface area contributed by atoms with Gasteiger partial charge >= 0.3 is 0 Å². The maximum atomic E-state index is 10.2. The third-order valence-corrected chi connectivity index (χ3v) is 26.6. The lowest BCUT2D eigenvalue weighted by Crippen LogP contribution is -2.59. The largest absolute Gasteiger partial charge is 0.393 e. The van der Waals surface area contributed by atoms with Crippen LogP contribution in [0.3, 0.4) is 0 Å². The first-order valence-corrected chi connectivity index (χ1v) is 36.1. The second-order valence-electron chi connectivity index (χ2n) is 31.6. The number of hydrogen-bond acceptors (Lipinski definition) is 10. The van der Waals surface area contributed by atoms with E-state index in [2.05, 4.69) is 101 Å². The molecular formula is C77H116N4O6. The fourth-order valence-electron chi connectivity index (χ4n) is 20.1. The van der Waals surface area contributed by atoms with Crippen LogP contribution in [0.25, 0.3) is 0 Å². The Hall–Kier alpha value is -2.74. The van der Waals surface area contributed by atoms with Crippen molar-refractivity contribution in [2.24, 2.45) is 0 Å². The quantitative estimate of drug-likeness (QED) is 0.165. The highest BCUT2D eigenvalue weighted by molar-refractivity contribution is 5.51. The van der Waals surface area contributed by atoms with Crippen molar-refractivity contribution in [1.82, 2.24) is 20.0 Å². The van der Waals surface area contributed by atoms with Crippen LogP contribution in [-0.2, 0) is 14.2 Å². The first-order chi connectivity index (χ1) is 41.9. The van der Waals surface area contributed by atoms with Gasteiger partial charge < -0.3 is 34.8 Å². The molecule has 7 aliphatic heterocycles. The summed E-state index contributed by atoms with van der Waals surface area (Å²) in [6.45, 7) is 32.8. The smallest absolute Gasteiger partial charge is 0.0946 e. The van der Waals surface area contributed by atoms with Crippen LogP contribution >= 0.6 is 0 Å². The van der Waals surface area contributed by atoms with Crippen molar-refractivity contribution in [3.05, 3.63) is 102 Å². The molecule has 0 bridgehead atoms. The van der Waals surface area contributed by atoms with Crippen molar-refractivity contribution in [3.63, 3.8) is 0 Å². The Morgan fingerprint density at radius 3 is 0.874 bits per heavy atom. The van der Waals surface area contributed by atoms with E-state index in [4.69, 9.17) is 14.2 Å². The summed E-state index contributed by atoms with van der Waals surface area (Å²) in [5, 5.41) is 33.9. The minimum Gasteiger partial charge on any atom is -0.393 e. The average Bonchev–Trinajstić information content (AvgIpc) is 2.22. The van der Waals surface area contributed by atoms with Crippen molar-refractivity contribution >= 4 is 0 Å². The molecule has 87 heavy (non-hydrogen) atoms. The molecule has 10 heteroatoms. The van der Waals surface area contributed by atoms with Crippen LogP contribution in [-0.4, -0.2) is 155 Å². The van der Waals surface area contributed by atoms with Gasteiger partial charge in [0.05, 0.1) is 54.9 Å².